The van der Waals surface area contributed by atoms with Crippen molar-refractivity contribution < 1.29 is 0 Å². The number of hydrogen-bond donors (Lipinski definition) is 1. The summed E-state index contributed by atoms with van der Waals surface area (Å²) in [6.07, 6.45) is 8.09. The number of anilines is 2. The lowest BCUT2D eigenvalue weighted by Crippen LogP contribution is -2.23. The Morgan fingerprint density at radius 2 is 2.00 bits per heavy atom. The van der Waals surface area contributed by atoms with Gasteiger partial charge in [-0.25, -0.2) is 9.67 Å². The first-order chi connectivity index (χ1) is 13.7. The highest BCUT2D eigenvalue weighted by Gasteiger charge is 2.21. The second-order valence-electron chi connectivity index (χ2n) is 7.00. The molecule has 1 aliphatic carbocycles. The van der Waals surface area contributed by atoms with Crippen molar-refractivity contribution in [2.45, 2.75) is 39.2 Å². The van der Waals surface area contributed by atoms with E-state index in [4.69, 9.17) is 4.98 Å². The molecule has 0 fully saturated rings. The molecule has 4 aromatic rings. The third-order valence-corrected chi connectivity index (χ3v) is 6.47. The predicted octanol–water partition coefficient (Wildman–Crippen LogP) is 4.29. The summed E-state index contributed by atoms with van der Waals surface area (Å²) >= 11 is 1.68. The minimum Gasteiger partial charge on any atom is -0.325 e. The lowest BCUT2D eigenvalue weighted by Gasteiger charge is -2.14. The molecule has 0 saturated heterocycles. The van der Waals surface area contributed by atoms with E-state index in [1.807, 2.05) is 48.1 Å². The molecule has 3 heterocycles. The monoisotopic (exact) mass is 391 g/mol. The third kappa shape index (κ3) is 2.82. The lowest BCUT2D eigenvalue weighted by atomic mass is 9.97. The molecule has 6 nitrogen and oxygen atoms in total. The molecule has 5 rings (SSSR count). The standard InChI is InChI=1S/C21H21N5OS/c1-2-25-20(27)18-16-6-3-4-7-17(16)28-19(18)24-21(25)23-14-8-10-15(11-9-14)26-13-5-12-22-26/h5,8-13H,2-4,6-7H2,1H3,(H,23,24). The highest BCUT2D eigenvalue weighted by molar-refractivity contribution is 7.18. The largest absolute Gasteiger partial charge is 0.325 e. The third-order valence-electron chi connectivity index (χ3n) is 5.28. The fourth-order valence-electron chi connectivity index (χ4n) is 3.88. The van der Waals surface area contributed by atoms with Crippen molar-refractivity contribution in [3.63, 3.8) is 0 Å². The summed E-state index contributed by atoms with van der Waals surface area (Å²) in [6, 6.07) is 9.84. The molecule has 7 heteroatoms. The van der Waals surface area contributed by atoms with Gasteiger partial charge >= 0.3 is 0 Å². The maximum absolute atomic E-state index is 13.2. The molecular formula is C21H21N5OS. The van der Waals surface area contributed by atoms with Gasteiger partial charge in [0.25, 0.3) is 5.56 Å². The zero-order valence-corrected chi connectivity index (χ0v) is 16.5. The number of benzene rings is 1. The van der Waals surface area contributed by atoms with Gasteiger partial charge in [0.1, 0.15) is 4.83 Å². The van der Waals surface area contributed by atoms with Crippen LogP contribution in [0.1, 0.15) is 30.2 Å². The minimum absolute atomic E-state index is 0.0718. The van der Waals surface area contributed by atoms with Gasteiger partial charge in [-0.2, -0.15) is 5.10 Å². The zero-order chi connectivity index (χ0) is 19.1. The minimum atomic E-state index is 0.0718. The molecule has 1 aliphatic rings. The summed E-state index contributed by atoms with van der Waals surface area (Å²) in [5.41, 5.74) is 3.19. The summed E-state index contributed by atoms with van der Waals surface area (Å²) < 4.78 is 3.55. The molecule has 0 radical (unpaired) electrons. The fraction of sp³-hybridized carbons (Fsp3) is 0.286. The molecule has 0 aliphatic heterocycles. The van der Waals surface area contributed by atoms with Gasteiger partial charge in [0.15, 0.2) is 0 Å². The van der Waals surface area contributed by atoms with Crippen LogP contribution in [0.2, 0.25) is 0 Å². The van der Waals surface area contributed by atoms with Crippen LogP contribution in [0.3, 0.4) is 0 Å². The Morgan fingerprint density at radius 1 is 1.18 bits per heavy atom. The zero-order valence-electron chi connectivity index (χ0n) is 15.7. The molecule has 3 aromatic heterocycles. The van der Waals surface area contributed by atoms with E-state index in [0.29, 0.717) is 12.5 Å². The molecule has 0 bridgehead atoms. The molecule has 0 amide bonds. The quantitative estimate of drug-likeness (QED) is 0.564. The highest BCUT2D eigenvalue weighted by Crippen LogP contribution is 2.34. The van der Waals surface area contributed by atoms with Gasteiger partial charge in [-0.15, -0.1) is 11.3 Å². The molecule has 142 valence electrons. The number of nitrogens with zero attached hydrogens (tertiary/aromatic N) is 4. The Balaban J connectivity index is 1.54. The maximum atomic E-state index is 13.2. The van der Waals surface area contributed by atoms with Crippen molar-refractivity contribution in [1.82, 2.24) is 19.3 Å². The Bertz CT molecular complexity index is 1190. The first-order valence-electron chi connectivity index (χ1n) is 9.67. The van der Waals surface area contributed by atoms with E-state index >= 15 is 0 Å². The van der Waals surface area contributed by atoms with Crippen LogP contribution in [-0.2, 0) is 19.4 Å². The van der Waals surface area contributed by atoms with Crippen LogP contribution in [0.5, 0.6) is 0 Å². The Morgan fingerprint density at radius 3 is 2.75 bits per heavy atom. The van der Waals surface area contributed by atoms with Crippen molar-refractivity contribution in [2.75, 3.05) is 5.32 Å². The number of rotatable bonds is 4. The van der Waals surface area contributed by atoms with Crippen molar-refractivity contribution in [1.29, 1.82) is 0 Å². The molecule has 0 atom stereocenters. The average Bonchev–Trinajstić information content (AvgIpc) is 3.36. The van der Waals surface area contributed by atoms with Crippen molar-refractivity contribution in [3.05, 3.63) is 63.5 Å². The summed E-state index contributed by atoms with van der Waals surface area (Å²) in [5, 5.41) is 8.42. The first kappa shape index (κ1) is 17.2. The van der Waals surface area contributed by atoms with E-state index in [2.05, 4.69) is 10.4 Å². The van der Waals surface area contributed by atoms with Gasteiger partial charge in [-0.3, -0.25) is 9.36 Å². The van der Waals surface area contributed by atoms with Gasteiger partial charge < -0.3 is 5.32 Å². The average molecular weight is 392 g/mol. The van der Waals surface area contributed by atoms with Crippen LogP contribution in [0.15, 0.2) is 47.5 Å². The molecule has 1 N–H and O–H groups in total. The molecule has 0 unspecified atom stereocenters. The van der Waals surface area contributed by atoms with Gasteiger partial charge in [0.2, 0.25) is 5.95 Å². The topological polar surface area (TPSA) is 64.7 Å². The first-order valence-corrected chi connectivity index (χ1v) is 10.5. The highest BCUT2D eigenvalue weighted by atomic mass is 32.1. The van der Waals surface area contributed by atoms with E-state index in [-0.39, 0.29) is 5.56 Å². The van der Waals surface area contributed by atoms with Crippen LogP contribution in [0.25, 0.3) is 15.9 Å². The van der Waals surface area contributed by atoms with Crippen molar-refractivity contribution in [3.8, 4) is 5.69 Å². The van der Waals surface area contributed by atoms with Crippen LogP contribution in [0.4, 0.5) is 11.6 Å². The maximum Gasteiger partial charge on any atom is 0.263 e. The Kier molecular flexibility index (Phi) is 4.24. The summed E-state index contributed by atoms with van der Waals surface area (Å²) in [4.78, 5) is 20.2. The normalized spacial score (nSPS) is 13.6. The second kappa shape index (κ2) is 6.91. The molecule has 28 heavy (non-hydrogen) atoms. The number of aryl methyl sites for hydroxylation is 2. The number of nitrogens with one attached hydrogen (secondary N) is 1. The van der Waals surface area contributed by atoms with Crippen LogP contribution in [-0.4, -0.2) is 19.3 Å². The SMILES string of the molecule is CCn1c(Nc2ccc(-n3cccn3)cc2)nc2sc3c(c2c1=O)CCCC3. The van der Waals surface area contributed by atoms with E-state index in [1.54, 1.807) is 22.1 Å². The van der Waals surface area contributed by atoms with Gasteiger partial charge in [0, 0.05) is 29.5 Å². The van der Waals surface area contributed by atoms with Crippen LogP contribution >= 0.6 is 11.3 Å². The lowest BCUT2D eigenvalue weighted by molar-refractivity contribution is 0.696. The predicted molar refractivity (Wildman–Crippen MR) is 113 cm³/mol. The number of hydrogen-bond acceptors (Lipinski definition) is 5. The number of fused-ring (bicyclic) bond motifs is 3. The van der Waals surface area contributed by atoms with E-state index in [9.17, 15) is 4.79 Å². The number of aromatic nitrogens is 4. The summed E-state index contributed by atoms with van der Waals surface area (Å²) in [5.74, 6) is 0.602. The molecule has 1 aromatic carbocycles. The van der Waals surface area contributed by atoms with Gasteiger partial charge in [-0.05, 0) is 68.5 Å². The van der Waals surface area contributed by atoms with E-state index in [0.717, 1.165) is 40.9 Å². The smallest absolute Gasteiger partial charge is 0.263 e. The molecule has 0 spiro atoms. The van der Waals surface area contributed by atoms with Gasteiger partial charge in [0.05, 0.1) is 11.1 Å². The number of thiophene rings is 1. The Hall–Kier alpha value is -2.93. The van der Waals surface area contributed by atoms with E-state index in [1.165, 1.54) is 16.9 Å². The van der Waals surface area contributed by atoms with Gasteiger partial charge in [-0.1, -0.05) is 0 Å². The van der Waals surface area contributed by atoms with Crippen molar-refractivity contribution in [2.24, 2.45) is 0 Å². The summed E-state index contributed by atoms with van der Waals surface area (Å²) in [7, 11) is 0. The molecule has 0 saturated carbocycles. The van der Waals surface area contributed by atoms with Crippen LogP contribution < -0.4 is 10.9 Å². The fourth-order valence-corrected chi connectivity index (χ4v) is 5.13. The van der Waals surface area contributed by atoms with E-state index < -0.39 is 0 Å². The Labute approximate surface area is 166 Å². The summed E-state index contributed by atoms with van der Waals surface area (Å²) in [6.45, 7) is 2.57. The second-order valence-corrected chi connectivity index (χ2v) is 8.08. The van der Waals surface area contributed by atoms with Crippen LogP contribution in [0, 0.1) is 0 Å². The molecular weight excluding hydrogens is 370 g/mol. The van der Waals surface area contributed by atoms with Crippen molar-refractivity contribution >= 4 is 33.2 Å².